The molecule has 0 radical (unpaired) electrons. The fourth-order valence-electron chi connectivity index (χ4n) is 1.17. The summed E-state index contributed by atoms with van der Waals surface area (Å²) < 4.78 is -0.545. The molecule has 0 aromatic heterocycles. The molecular weight excluding hydrogens is 242 g/mol. The van der Waals surface area contributed by atoms with E-state index in [2.05, 4.69) is 5.32 Å². The molecule has 1 amide bonds. The molecule has 88 valence electrons. The summed E-state index contributed by atoms with van der Waals surface area (Å²) in [5.41, 5.74) is 1.09. The van der Waals surface area contributed by atoms with Gasteiger partial charge in [0, 0.05) is 12.4 Å². The number of alkyl halides is 1. The summed E-state index contributed by atoms with van der Waals surface area (Å²) in [5, 5.41) is 2.90. The second kappa shape index (κ2) is 6.16. The smallest absolute Gasteiger partial charge is 0.237 e. The summed E-state index contributed by atoms with van der Waals surface area (Å²) in [6.45, 7) is 2.40. The first-order chi connectivity index (χ1) is 7.62. The Morgan fingerprint density at radius 3 is 2.56 bits per heavy atom. The van der Waals surface area contributed by atoms with E-state index in [1.807, 2.05) is 43.5 Å². The van der Waals surface area contributed by atoms with Gasteiger partial charge < -0.3 is 5.32 Å². The van der Waals surface area contributed by atoms with Crippen molar-refractivity contribution in [2.75, 3.05) is 12.1 Å². The molecule has 0 bridgehead atoms. The normalized spacial score (nSPS) is 14.2. The number of carbonyl (C=O) groups excluding carboxylic acids is 1. The largest absolute Gasteiger partial charge is 0.351 e. The van der Waals surface area contributed by atoms with E-state index in [0.29, 0.717) is 12.4 Å². The third-order valence-corrected chi connectivity index (χ3v) is 4.41. The van der Waals surface area contributed by atoms with Gasteiger partial charge in [-0.05, 0) is 18.7 Å². The second-order valence-corrected chi connectivity index (χ2v) is 5.31. The molecule has 1 unspecified atom stereocenters. The van der Waals surface area contributed by atoms with Gasteiger partial charge >= 0.3 is 0 Å². The zero-order valence-corrected chi connectivity index (χ0v) is 11.1. The second-order valence-electron chi connectivity index (χ2n) is 3.74. The first-order valence-corrected chi connectivity index (χ1v) is 6.81. The molecule has 16 heavy (non-hydrogen) atoms. The summed E-state index contributed by atoms with van der Waals surface area (Å²) in [4.78, 5) is 11.9. The van der Waals surface area contributed by atoms with E-state index in [1.165, 1.54) is 11.8 Å². The number of hydrogen-bond donors (Lipinski definition) is 1. The lowest BCUT2D eigenvalue weighted by atomic mass is 10.1. The minimum Gasteiger partial charge on any atom is -0.351 e. The number of hydrogen-bond acceptors (Lipinski definition) is 2. The van der Waals surface area contributed by atoms with Crippen LogP contribution >= 0.6 is 23.4 Å². The molecule has 1 aromatic rings. The highest BCUT2D eigenvalue weighted by molar-refractivity contribution is 8.00. The number of rotatable bonds is 5. The molecule has 4 heteroatoms. The zero-order valence-electron chi connectivity index (χ0n) is 9.50. The van der Waals surface area contributed by atoms with Gasteiger partial charge in [-0.25, -0.2) is 0 Å². The Bertz CT molecular complexity index is 338. The van der Waals surface area contributed by atoms with E-state index >= 15 is 0 Å². The van der Waals surface area contributed by atoms with Gasteiger partial charge in [-0.1, -0.05) is 30.3 Å². The Hall–Kier alpha value is -0.670. The Labute approximate surface area is 106 Å². The average Bonchev–Trinajstić information content (AvgIpc) is 2.36. The lowest BCUT2D eigenvalue weighted by molar-refractivity contribution is -0.122. The van der Waals surface area contributed by atoms with Crippen LogP contribution in [0.5, 0.6) is 0 Å². The summed E-state index contributed by atoms with van der Waals surface area (Å²) in [7, 11) is 0. The van der Waals surface area contributed by atoms with Gasteiger partial charge in [0.25, 0.3) is 0 Å². The third kappa shape index (κ3) is 3.42. The third-order valence-electron chi connectivity index (χ3n) is 2.48. The molecule has 0 fully saturated rings. The molecule has 0 saturated carbocycles. The summed E-state index contributed by atoms with van der Waals surface area (Å²) >= 11 is 7.28. The summed E-state index contributed by atoms with van der Waals surface area (Å²) in [5.74, 6) is 0.299. The van der Waals surface area contributed by atoms with Crippen LogP contribution in [0.2, 0.25) is 0 Å². The summed E-state index contributed by atoms with van der Waals surface area (Å²) in [6, 6.07) is 9.83. The Morgan fingerprint density at radius 2 is 2.06 bits per heavy atom. The zero-order chi connectivity index (χ0) is 12.0. The molecule has 0 aliphatic carbocycles. The number of nitrogens with one attached hydrogen (secondary N) is 1. The number of halogens is 1. The Morgan fingerprint density at radius 1 is 1.44 bits per heavy atom. The van der Waals surface area contributed by atoms with Crippen molar-refractivity contribution in [1.29, 1.82) is 0 Å². The van der Waals surface area contributed by atoms with Crippen LogP contribution in [0.15, 0.2) is 30.3 Å². The van der Waals surface area contributed by atoms with E-state index in [4.69, 9.17) is 11.6 Å². The maximum Gasteiger partial charge on any atom is 0.237 e. The average molecular weight is 258 g/mol. The minimum absolute atomic E-state index is 0.0150. The molecule has 1 rings (SSSR count). The lowest BCUT2D eigenvalue weighted by Crippen LogP contribution is -2.42. The number of benzene rings is 1. The van der Waals surface area contributed by atoms with Gasteiger partial charge in [0.2, 0.25) is 5.91 Å². The molecule has 0 spiro atoms. The van der Waals surface area contributed by atoms with Gasteiger partial charge in [-0.2, -0.15) is 0 Å². The van der Waals surface area contributed by atoms with Gasteiger partial charge in [0.15, 0.2) is 0 Å². The SMILES string of the molecule is CSC(C)(CCl)C(=O)NCc1ccccc1. The summed E-state index contributed by atoms with van der Waals surface area (Å²) in [6.07, 6.45) is 1.89. The fourth-order valence-corrected chi connectivity index (χ4v) is 1.99. The van der Waals surface area contributed by atoms with Crippen LogP contribution in [0.25, 0.3) is 0 Å². The standard InChI is InChI=1S/C12H16ClNOS/c1-12(9-13,16-2)11(15)14-8-10-6-4-3-5-7-10/h3-7H,8-9H2,1-2H3,(H,14,15). The van der Waals surface area contributed by atoms with E-state index in [1.54, 1.807) is 0 Å². The molecule has 0 aliphatic heterocycles. The maximum absolute atomic E-state index is 11.9. The fraction of sp³-hybridized carbons (Fsp3) is 0.417. The predicted octanol–water partition coefficient (Wildman–Crippen LogP) is 2.66. The number of carbonyl (C=O) groups is 1. The molecule has 0 aliphatic rings. The van der Waals surface area contributed by atoms with E-state index in [-0.39, 0.29) is 5.91 Å². The van der Waals surface area contributed by atoms with Crippen LogP contribution in [0.3, 0.4) is 0 Å². The molecule has 1 aromatic carbocycles. The van der Waals surface area contributed by atoms with Crippen LogP contribution in [-0.2, 0) is 11.3 Å². The van der Waals surface area contributed by atoms with E-state index in [9.17, 15) is 4.79 Å². The monoisotopic (exact) mass is 257 g/mol. The molecule has 2 nitrogen and oxygen atoms in total. The molecule has 0 saturated heterocycles. The maximum atomic E-state index is 11.9. The van der Waals surface area contributed by atoms with Crippen molar-refractivity contribution >= 4 is 29.3 Å². The van der Waals surface area contributed by atoms with Crippen molar-refractivity contribution in [2.24, 2.45) is 0 Å². The van der Waals surface area contributed by atoms with Crippen molar-refractivity contribution in [2.45, 2.75) is 18.2 Å². The van der Waals surface area contributed by atoms with Crippen molar-refractivity contribution in [3.05, 3.63) is 35.9 Å². The van der Waals surface area contributed by atoms with Crippen molar-refractivity contribution < 1.29 is 4.79 Å². The highest BCUT2D eigenvalue weighted by atomic mass is 35.5. The van der Waals surface area contributed by atoms with Crippen LogP contribution < -0.4 is 5.32 Å². The Balaban J connectivity index is 2.53. The van der Waals surface area contributed by atoms with E-state index in [0.717, 1.165) is 5.56 Å². The first-order valence-electron chi connectivity index (χ1n) is 5.06. The first kappa shape index (κ1) is 13.4. The highest BCUT2D eigenvalue weighted by Crippen LogP contribution is 2.23. The van der Waals surface area contributed by atoms with Gasteiger partial charge in [-0.3, -0.25) is 4.79 Å². The van der Waals surface area contributed by atoms with Gasteiger partial charge in [0.1, 0.15) is 4.75 Å². The predicted molar refractivity (Wildman–Crippen MR) is 70.9 cm³/mol. The van der Waals surface area contributed by atoms with Crippen LogP contribution in [0.1, 0.15) is 12.5 Å². The number of thioether (sulfide) groups is 1. The highest BCUT2D eigenvalue weighted by Gasteiger charge is 2.30. The van der Waals surface area contributed by atoms with Crippen LogP contribution in [0, 0.1) is 0 Å². The molecule has 0 heterocycles. The van der Waals surface area contributed by atoms with Crippen molar-refractivity contribution in [3.63, 3.8) is 0 Å². The van der Waals surface area contributed by atoms with Gasteiger partial charge in [0.05, 0.1) is 0 Å². The van der Waals surface area contributed by atoms with E-state index < -0.39 is 4.75 Å². The lowest BCUT2D eigenvalue weighted by Gasteiger charge is -2.23. The topological polar surface area (TPSA) is 29.1 Å². The van der Waals surface area contributed by atoms with Crippen LogP contribution in [0.4, 0.5) is 0 Å². The van der Waals surface area contributed by atoms with Crippen LogP contribution in [-0.4, -0.2) is 22.8 Å². The van der Waals surface area contributed by atoms with Crippen molar-refractivity contribution in [3.8, 4) is 0 Å². The number of amides is 1. The minimum atomic E-state index is -0.545. The Kier molecular flexibility index (Phi) is 5.16. The molecular formula is C12H16ClNOS. The molecule has 1 atom stereocenters. The quantitative estimate of drug-likeness (QED) is 0.822. The van der Waals surface area contributed by atoms with Gasteiger partial charge in [-0.15, -0.1) is 23.4 Å². The van der Waals surface area contributed by atoms with Crippen molar-refractivity contribution in [1.82, 2.24) is 5.32 Å². The molecule has 1 N–H and O–H groups in total.